The Bertz CT molecular complexity index is 62.7. The second-order valence-electron chi connectivity index (χ2n) is 1.02. The van der Waals surface area contributed by atoms with E-state index < -0.39 is 0 Å². The SMILES string of the molecule is CN(N)N(O)C=N. The number of hydrazine groups is 2. The van der Waals surface area contributed by atoms with Gasteiger partial charge in [0.1, 0.15) is 6.34 Å². The summed E-state index contributed by atoms with van der Waals surface area (Å²) in [6.45, 7) is 0. The molecule has 0 amide bonds. The first-order valence-electron chi connectivity index (χ1n) is 1.65. The second kappa shape index (κ2) is 2.51. The Morgan fingerprint density at radius 1 is 1.86 bits per heavy atom. The van der Waals surface area contributed by atoms with Crippen LogP contribution in [0.2, 0.25) is 0 Å². The molecule has 0 radical (unpaired) electrons. The summed E-state index contributed by atoms with van der Waals surface area (Å²) in [6, 6.07) is 0. The molecule has 0 saturated carbocycles. The highest BCUT2D eigenvalue weighted by molar-refractivity contribution is 5.47. The summed E-state index contributed by atoms with van der Waals surface area (Å²) in [5.41, 5.74) is 0. The van der Waals surface area contributed by atoms with Crippen molar-refractivity contribution in [2.24, 2.45) is 5.84 Å². The zero-order chi connectivity index (χ0) is 5.86. The third-order valence-electron chi connectivity index (χ3n) is 0.439. The van der Waals surface area contributed by atoms with Gasteiger partial charge in [0.25, 0.3) is 0 Å². The van der Waals surface area contributed by atoms with Gasteiger partial charge in [0.2, 0.25) is 0 Å². The number of nitrogens with one attached hydrogen (secondary N) is 1. The summed E-state index contributed by atoms with van der Waals surface area (Å²) < 4.78 is 0. The van der Waals surface area contributed by atoms with Crippen LogP contribution in [-0.4, -0.2) is 28.9 Å². The van der Waals surface area contributed by atoms with Crippen LogP contribution in [0.3, 0.4) is 0 Å². The molecule has 0 aliphatic carbocycles. The van der Waals surface area contributed by atoms with Crippen molar-refractivity contribution in [3.05, 3.63) is 0 Å². The van der Waals surface area contributed by atoms with Crippen molar-refractivity contribution >= 4 is 6.34 Å². The van der Waals surface area contributed by atoms with Crippen molar-refractivity contribution in [2.45, 2.75) is 0 Å². The minimum Gasteiger partial charge on any atom is -0.288 e. The van der Waals surface area contributed by atoms with E-state index in [0.29, 0.717) is 11.5 Å². The molecule has 5 nitrogen and oxygen atoms in total. The molecule has 0 aromatic carbocycles. The van der Waals surface area contributed by atoms with Gasteiger partial charge >= 0.3 is 0 Å². The lowest BCUT2D eigenvalue weighted by molar-refractivity contribution is -0.168. The molecule has 0 spiro atoms. The number of rotatable bonds is 2. The van der Waals surface area contributed by atoms with Gasteiger partial charge in [-0.2, -0.15) is 5.17 Å². The first-order valence-corrected chi connectivity index (χ1v) is 1.65. The van der Waals surface area contributed by atoms with Gasteiger partial charge in [-0.25, -0.2) is 5.84 Å². The molecule has 0 aliphatic rings. The zero-order valence-electron chi connectivity index (χ0n) is 4.00. The maximum atomic E-state index is 8.33. The standard InChI is InChI=1S/C2H8N4O/c1-5(4)6(7)2-3/h2-3,7H,4H2,1H3. The van der Waals surface area contributed by atoms with E-state index in [0.717, 1.165) is 5.12 Å². The third-order valence-corrected chi connectivity index (χ3v) is 0.439. The molecule has 0 aliphatic heterocycles. The van der Waals surface area contributed by atoms with Crippen molar-refractivity contribution in [2.75, 3.05) is 7.05 Å². The molecule has 7 heavy (non-hydrogen) atoms. The van der Waals surface area contributed by atoms with Crippen LogP contribution in [-0.2, 0) is 0 Å². The molecule has 0 aromatic rings. The third kappa shape index (κ3) is 2.10. The molecule has 0 fully saturated rings. The molecular weight excluding hydrogens is 96.0 g/mol. The van der Waals surface area contributed by atoms with E-state index in [1.807, 2.05) is 0 Å². The molecule has 0 saturated heterocycles. The lowest BCUT2D eigenvalue weighted by atomic mass is 11.2. The van der Waals surface area contributed by atoms with E-state index in [9.17, 15) is 0 Å². The van der Waals surface area contributed by atoms with Crippen LogP contribution >= 0.6 is 0 Å². The van der Waals surface area contributed by atoms with Crippen molar-refractivity contribution < 1.29 is 5.21 Å². The highest BCUT2D eigenvalue weighted by atomic mass is 16.6. The Kier molecular flexibility index (Phi) is 2.28. The lowest BCUT2D eigenvalue weighted by Gasteiger charge is -2.15. The average Bonchev–Trinajstić information content (AvgIpc) is 1.65. The van der Waals surface area contributed by atoms with Crippen LogP contribution in [0.15, 0.2) is 0 Å². The van der Waals surface area contributed by atoms with Crippen LogP contribution in [0.25, 0.3) is 0 Å². The molecule has 0 heterocycles. The van der Waals surface area contributed by atoms with E-state index in [4.69, 9.17) is 16.5 Å². The molecule has 5 heteroatoms. The molecule has 4 N–H and O–H groups in total. The average molecular weight is 104 g/mol. The molecular formula is C2H8N4O. The van der Waals surface area contributed by atoms with Gasteiger partial charge in [0, 0.05) is 7.05 Å². The number of nitrogens with two attached hydrogens (primary N) is 1. The van der Waals surface area contributed by atoms with E-state index in [2.05, 4.69) is 0 Å². The quantitative estimate of drug-likeness (QED) is 0.182. The zero-order valence-corrected chi connectivity index (χ0v) is 4.00. The fourth-order valence-electron chi connectivity index (χ4n) is 0.0911. The first-order chi connectivity index (χ1) is 3.18. The van der Waals surface area contributed by atoms with E-state index in [1.165, 1.54) is 7.05 Å². The van der Waals surface area contributed by atoms with Gasteiger partial charge in [-0.15, -0.1) is 5.12 Å². The second-order valence-corrected chi connectivity index (χ2v) is 1.02. The van der Waals surface area contributed by atoms with Crippen molar-refractivity contribution in [3.63, 3.8) is 0 Å². The van der Waals surface area contributed by atoms with Gasteiger partial charge in [-0.1, -0.05) is 0 Å². The van der Waals surface area contributed by atoms with Crippen LogP contribution in [0.4, 0.5) is 0 Å². The minimum atomic E-state index is 0.444. The molecule has 0 aromatic heterocycles. The summed E-state index contributed by atoms with van der Waals surface area (Å²) >= 11 is 0. The number of hydroxylamine groups is 1. The number of nitrogens with zero attached hydrogens (tertiary/aromatic N) is 2. The summed E-state index contributed by atoms with van der Waals surface area (Å²) in [5.74, 6) is 4.90. The maximum Gasteiger partial charge on any atom is 0.127 e. The number of hydrogen-bond donors (Lipinski definition) is 3. The van der Waals surface area contributed by atoms with Crippen molar-refractivity contribution in [1.82, 2.24) is 10.3 Å². The Hall–Kier alpha value is -0.650. The van der Waals surface area contributed by atoms with Crippen LogP contribution in [0.1, 0.15) is 0 Å². The predicted octanol–water partition coefficient (Wildman–Crippen LogP) is -0.995. The van der Waals surface area contributed by atoms with E-state index >= 15 is 0 Å². The maximum absolute atomic E-state index is 8.33. The highest BCUT2D eigenvalue weighted by Gasteiger charge is 1.91. The van der Waals surface area contributed by atoms with Gasteiger partial charge in [-0.3, -0.25) is 10.6 Å². The van der Waals surface area contributed by atoms with E-state index in [1.54, 1.807) is 0 Å². The van der Waals surface area contributed by atoms with Crippen molar-refractivity contribution in [1.29, 1.82) is 5.41 Å². The summed E-state index contributed by atoms with van der Waals surface area (Å²) in [6.07, 6.45) is 0.681. The Balaban J connectivity index is 3.33. The topological polar surface area (TPSA) is 76.6 Å². The molecule has 0 rings (SSSR count). The Labute approximate surface area is 41.3 Å². The highest BCUT2D eigenvalue weighted by Crippen LogP contribution is 1.69. The summed E-state index contributed by atoms with van der Waals surface area (Å²) in [4.78, 5) is 0. The molecule has 42 valence electrons. The van der Waals surface area contributed by atoms with Crippen molar-refractivity contribution in [3.8, 4) is 0 Å². The summed E-state index contributed by atoms with van der Waals surface area (Å²) in [5, 5.41) is 16.0. The predicted molar refractivity (Wildman–Crippen MR) is 24.4 cm³/mol. The monoisotopic (exact) mass is 104 g/mol. The van der Waals surface area contributed by atoms with Gasteiger partial charge in [0.05, 0.1) is 0 Å². The van der Waals surface area contributed by atoms with Crippen LogP contribution in [0.5, 0.6) is 0 Å². The summed E-state index contributed by atoms with van der Waals surface area (Å²) in [7, 11) is 1.41. The normalized spacial score (nSPS) is 9.14. The Morgan fingerprint density at radius 3 is 2.29 bits per heavy atom. The molecule has 0 bridgehead atoms. The van der Waals surface area contributed by atoms with Gasteiger partial charge in [0.15, 0.2) is 0 Å². The molecule has 0 unspecified atom stereocenters. The van der Waals surface area contributed by atoms with Crippen LogP contribution in [0, 0.1) is 5.41 Å². The molecule has 0 atom stereocenters. The lowest BCUT2D eigenvalue weighted by Crippen LogP contribution is -2.41. The fraction of sp³-hybridized carbons (Fsp3) is 0.500. The first kappa shape index (κ1) is 6.35. The smallest absolute Gasteiger partial charge is 0.127 e. The van der Waals surface area contributed by atoms with E-state index in [-0.39, 0.29) is 0 Å². The van der Waals surface area contributed by atoms with Gasteiger partial charge < -0.3 is 0 Å². The Morgan fingerprint density at radius 2 is 2.29 bits per heavy atom. The largest absolute Gasteiger partial charge is 0.288 e. The number of hydrogen-bond acceptors (Lipinski definition) is 4. The van der Waals surface area contributed by atoms with Gasteiger partial charge in [-0.05, 0) is 0 Å². The van der Waals surface area contributed by atoms with Crippen LogP contribution < -0.4 is 5.84 Å². The fourth-order valence-corrected chi connectivity index (χ4v) is 0.0911. The minimum absolute atomic E-state index is 0.444.